The molecule has 0 spiro atoms. The molecule has 18 heavy (non-hydrogen) atoms. The summed E-state index contributed by atoms with van der Waals surface area (Å²) >= 11 is 0. The van der Waals surface area contributed by atoms with Gasteiger partial charge in [-0.25, -0.2) is 4.79 Å². The van der Waals surface area contributed by atoms with Gasteiger partial charge in [0.05, 0.1) is 18.4 Å². The number of esters is 1. The topological polar surface area (TPSA) is 70.8 Å². The van der Waals surface area contributed by atoms with Gasteiger partial charge < -0.3 is 19.9 Å². The first-order valence-electron chi connectivity index (χ1n) is 5.72. The number of hydrogen-bond donors (Lipinski definition) is 1. The van der Waals surface area contributed by atoms with Crippen LogP contribution in [0.3, 0.4) is 0 Å². The van der Waals surface area contributed by atoms with Crippen molar-refractivity contribution in [1.82, 2.24) is 0 Å². The molecule has 0 amide bonds. The van der Waals surface area contributed by atoms with E-state index in [9.17, 15) is 4.79 Å². The number of nitrogens with two attached hydrogens (primary N) is 1. The molecule has 100 valence electrons. The molecule has 1 aromatic carbocycles. The number of ether oxygens (including phenoxy) is 3. The summed E-state index contributed by atoms with van der Waals surface area (Å²) in [7, 11) is 3.11. The number of rotatable bonds is 6. The van der Waals surface area contributed by atoms with Crippen molar-refractivity contribution in [2.24, 2.45) is 0 Å². The molecule has 2 N–H and O–H groups in total. The van der Waals surface area contributed by atoms with E-state index in [1.807, 2.05) is 6.92 Å². The van der Waals surface area contributed by atoms with Crippen molar-refractivity contribution in [3.8, 4) is 5.75 Å². The van der Waals surface area contributed by atoms with Gasteiger partial charge in [-0.2, -0.15) is 0 Å². The van der Waals surface area contributed by atoms with Crippen LogP contribution in [0.4, 0.5) is 5.69 Å². The molecule has 0 aliphatic heterocycles. The van der Waals surface area contributed by atoms with Crippen LogP contribution in [0.5, 0.6) is 5.75 Å². The van der Waals surface area contributed by atoms with E-state index in [0.717, 1.165) is 0 Å². The molecule has 0 saturated carbocycles. The molecule has 1 rings (SSSR count). The van der Waals surface area contributed by atoms with Crippen molar-refractivity contribution in [3.05, 3.63) is 23.8 Å². The van der Waals surface area contributed by atoms with Gasteiger partial charge in [0.15, 0.2) is 0 Å². The SMILES string of the molecule is COCCC(C)OC(=O)c1ccc(N)c(OC)c1. The molecule has 0 radical (unpaired) electrons. The summed E-state index contributed by atoms with van der Waals surface area (Å²) in [6.45, 7) is 2.38. The maximum absolute atomic E-state index is 11.8. The fraction of sp³-hybridized carbons (Fsp3) is 0.462. The first-order valence-corrected chi connectivity index (χ1v) is 5.72. The smallest absolute Gasteiger partial charge is 0.338 e. The Morgan fingerprint density at radius 2 is 2.11 bits per heavy atom. The number of carbonyl (C=O) groups is 1. The van der Waals surface area contributed by atoms with Crippen LogP contribution in [-0.2, 0) is 9.47 Å². The molecule has 0 heterocycles. The Bertz CT molecular complexity index is 406. The quantitative estimate of drug-likeness (QED) is 0.619. The van der Waals surface area contributed by atoms with Crippen LogP contribution >= 0.6 is 0 Å². The molecule has 1 unspecified atom stereocenters. The summed E-state index contributed by atoms with van der Waals surface area (Å²) in [5.41, 5.74) is 6.58. The third kappa shape index (κ3) is 3.92. The van der Waals surface area contributed by atoms with E-state index in [2.05, 4.69) is 0 Å². The average molecular weight is 253 g/mol. The van der Waals surface area contributed by atoms with Crippen LogP contribution in [0.15, 0.2) is 18.2 Å². The van der Waals surface area contributed by atoms with Gasteiger partial charge in [-0.05, 0) is 25.1 Å². The van der Waals surface area contributed by atoms with E-state index in [-0.39, 0.29) is 6.10 Å². The average Bonchev–Trinajstić information content (AvgIpc) is 2.36. The minimum atomic E-state index is -0.392. The Morgan fingerprint density at radius 3 is 2.72 bits per heavy atom. The largest absolute Gasteiger partial charge is 0.495 e. The summed E-state index contributed by atoms with van der Waals surface area (Å²) < 4.78 is 15.2. The van der Waals surface area contributed by atoms with E-state index in [1.165, 1.54) is 7.11 Å². The van der Waals surface area contributed by atoms with Crippen molar-refractivity contribution in [2.75, 3.05) is 26.6 Å². The van der Waals surface area contributed by atoms with Gasteiger partial charge in [-0.15, -0.1) is 0 Å². The molecule has 0 aliphatic carbocycles. The van der Waals surface area contributed by atoms with Crippen LogP contribution in [0.25, 0.3) is 0 Å². The molecule has 0 aliphatic rings. The molecule has 0 bridgehead atoms. The van der Waals surface area contributed by atoms with Gasteiger partial charge in [0.2, 0.25) is 0 Å². The van der Waals surface area contributed by atoms with Gasteiger partial charge in [0, 0.05) is 20.1 Å². The molecule has 0 aromatic heterocycles. The second-order valence-corrected chi connectivity index (χ2v) is 3.95. The fourth-order valence-electron chi connectivity index (χ4n) is 1.43. The molecule has 0 saturated heterocycles. The fourth-order valence-corrected chi connectivity index (χ4v) is 1.43. The summed E-state index contributed by atoms with van der Waals surface area (Å²) in [4.78, 5) is 11.8. The van der Waals surface area contributed by atoms with E-state index < -0.39 is 5.97 Å². The Morgan fingerprint density at radius 1 is 1.39 bits per heavy atom. The number of carbonyl (C=O) groups excluding carboxylic acids is 1. The van der Waals surface area contributed by atoms with E-state index in [0.29, 0.717) is 30.0 Å². The third-order valence-corrected chi connectivity index (χ3v) is 2.51. The van der Waals surface area contributed by atoms with Crippen molar-refractivity contribution in [1.29, 1.82) is 0 Å². The number of methoxy groups -OCH3 is 2. The lowest BCUT2D eigenvalue weighted by Gasteiger charge is -2.13. The third-order valence-electron chi connectivity index (χ3n) is 2.51. The van der Waals surface area contributed by atoms with Gasteiger partial charge in [-0.3, -0.25) is 0 Å². The first kappa shape index (κ1) is 14.3. The predicted octanol–water partition coefficient (Wildman–Crippen LogP) is 1.86. The summed E-state index contributed by atoms with van der Waals surface area (Å²) in [5.74, 6) is 0.0749. The number of hydrogen-bond acceptors (Lipinski definition) is 5. The first-order chi connectivity index (χ1) is 8.58. The maximum atomic E-state index is 11.8. The highest BCUT2D eigenvalue weighted by Crippen LogP contribution is 2.22. The summed E-state index contributed by atoms with van der Waals surface area (Å²) in [6.07, 6.45) is 0.468. The minimum Gasteiger partial charge on any atom is -0.495 e. The highest BCUT2D eigenvalue weighted by Gasteiger charge is 2.13. The van der Waals surface area contributed by atoms with E-state index in [1.54, 1.807) is 25.3 Å². The van der Waals surface area contributed by atoms with Gasteiger partial charge in [-0.1, -0.05) is 0 Å². The Labute approximate surface area is 107 Å². The molecular weight excluding hydrogens is 234 g/mol. The van der Waals surface area contributed by atoms with Crippen molar-refractivity contribution >= 4 is 11.7 Å². The molecule has 1 atom stereocenters. The Kier molecular flexibility index (Phi) is 5.45. The van der Waals surface area contributed by atoms with Crippen LogP contribution in [0.1, 0.15) is 23.7 Å². The molecule has 5 heteroatoms. The zero-order chi connectivity index (χ0) is 13.5. The van der Waals surface area contributed by atoms with Crippen molar-refractivity contribution < 1.29 is 19.0 Å². The Hall–Kier alpha value is -1.75. The highest BCUT2D eigenvalue weighted by molar-refractivity contribution is 5.90. The zero-order valence-corrected chi connectivity index (χ0v) is 10.9. The second-order valence-electron chi connectivity index (χ2n) is 3.95. The number of anilines is 1. The maximum Gasteiger partial charge on any atom is 0.338 e. The van der Waals surface area contributed by atoms with Gasteiger partial charge in [0.1, 0.15) is 11.9 Å². The lowest BCUT2D eigenvalue weighted by Crippen LogP contribution is -2.16. The monoisotopic (exact) mass is 253 g/mol. The molecule has 0 fully saturated rings. The number of nitrogen functional groups attached to an aromatic ring is 1. The van der Waals surface area contributed by atoms with Gasteiger partial charge in [0.25, 0.3) is 0 Å². The van der Waals surface area contributed by atoms with Crippen LogP contribution in [0.2, 0.25) is 0 Å². The normalized spacial score (nSPS) is 11.9. The minimum absolute atomic E-state index is 0.194. The van der Waals surface area contributed by atoms with E-state index >= 15 is 0 Å². The van der Waals surface area contributed by atoms with E-state index in [4.69, 9.17) is 19.9 Å². The lowest BCUT2D eigenvalue weighted by molar-refractivity contribution is 0.0266. The summed E-state index contributed by atoms with van der Waals surface area (Å²) in [6, 6.07) is 4.80. The molecular formula is C13H19NO4. The summed E-state index contributed by atoms with van der Waals surface area (Å²) in [5, 5.41) is 0. The van der Waals surface area contributed by atoms with Crippen LogP contribution in [-0.4, -0.2) is 32.9 Å². The van der Waals surface area contributed by atoms with Crippen molar-refractivity contribution in [3.63, 3.8) is 0 Å². The van der Waals surface area contributed by atoms with Crippen molar-refractivity contribution in [2.45, 2.75) is 19.4 Å². The Balaban J connectivity index is 2.66. The lowest BCUT2D eigenvalue weighted by atomic mass is 10.2. The van der Waals surface area contributed by atoms with Gasteiger partial charge >= 0.3 is 5.97 Å². The molecule has 1 aromatic rings. The molecule has 5 nitrogen and oxygen atoms in total. The number of benzene rings is 1. The van der Waals surface area contributed by atoms with Crippen LogP contribution < -0.4 is 10.5 Å². The van der Waals surface area contributed by atoms with Crippen LogP contribution in [0, 0.1) is 0 Å². The highest BCUT2D eigenvalue weighted by atomic mass is 16.5. The predicted molar refractivity (Wildman–Crippen MR) is 68.8 cm³/mol. The second kappa shape index (κ2) is 6.86. The standard InChI is InChI=1S/C13H19NO4/c1-9(6-7-16-2)18-13(15)10-4-5-11(14)12(8-10)17-3/h4-5,8-9H,6-7,14H2,1-3H3. The zero-order valence-electron chi connectivity index (χ0n) is 10.9.